The summed E-state index contributed by atoms with van der Waals surface area (Å²) < 4.78 is 12.8. The van der Waals surface area contributed by atoms with E-state index in [0.29, 0.717) is 17.1 Å². The summed E-state index contributed by atoms with van der Waals surface area (Å²) >= 11 is 5.98. The van der Waals surface area contributed by atoms with Crippen LogP contribution >= 0.6 is 11.6 Å². The zero-order valence-electron chi connectivity index (χ0n) is 11.6. The molecule has 0 spiro atoms. The van der Waals surface area contributed by atoms with E-state index >= 15 is 0 Å². The van der Waals surface area contributed by atoms with Crippen LogP contribution in [0.5, 0.6) is 0 Å². The molecule has 5 heteroatoms. The Hall–Kier alpha value is -2.07. The second-order valence-electron chi connectivity index (χ2n) is 4.52. The maximum atomic E-state index is 12.8. The first kappa shape index (κ1) is 15.3. The van der Waals surface area contributed by atoms with Crippen molar-refractivity contribution < 1.29 is 9.23 Å². The molecule has 0 unspecified atom stereocenters. The Morgan fingerprint density at radius 1 is 1.24 bits per heavy atom. The molecule has 0 saturated heterocycles. The van der Waals surface area contributed by atoms with Gasteiger partial charge >= 0.3 is 0 Å². The highest BCUT2D eigenvalue weighted by Crippen LogP contribution is 2.20. The van der Waals surface area contributed by atoms with Gasteiger partial charge in [0.25, 0.3) is 0 Å². The normalized spacial score (nSPS) is 11.5. The van der Waals surface area contributed by atoms with E-state index in [1.54, 1.807) is 30.3 Å². The lowest BCUT2D eigenvalue weighted by Gasteiger charge is -2.08. The van der Waals surface area contributed by atoms with Gasteiger partial charge in [0.1, 0.15) is 12.4 Å². The predicted octanol–water partition coefficient (Wildman–Crippen LogP) is 4.39. The summed E-state index contributed by atoms with van der Waals surface area (Å²) in [7, 11) is 0. The molecule has 0 fully saturated rings. The fourth-order valence-corrected chi connectivity index (χ4v) is 2.02. The van der Waals surface area contributed by atoms with Gasteiger partial charge < -0.3 is 10.6 Å². The van der Waals surface area contributed by atoms with Gasteiger partial charge in [0.2, 0.25) is 0 Å². The maximum absolute atomic E-state index is 12.8. The van der Waals surface area contributed by atoms with Crippen LogP contribution < -0.4 is 5.73 Å². The quantitative estimate of drug-likeness (QED) is 0.506. The van der Waals surface area contributed by atoms with Gasteiger partial charge in [-0.2, -0.15) is 0 Å². The number of nitrogens with two attached hydrogens (primary N) is 1. The molecule has 0 aliphatic heterocycles. The lowest BCUT2D eigenvalue weighted by Crippen LogP contribution is -2.05. The van der Waals surface area contributed by atoms with E-state index in [2.05, 4.69) is 5.16 Å². The Morgan fingerprint density at radius 2 is 1.95 bits per heavy atom. The molecule has 3 nitrogen and oxygen atoms in total. The first-order valence-electron chi connectivity index (χ1n) is 6.59. The molecular formula is C16H16ClFN2O. The third-order valence-corrected chi connectivity index (χ3v) is 3.22. The number of anilines is 1. The molecule has 0 aliphatic rings. The highest BCUT2D eigenvalue weighted by atomic mass is 35.5. The minimum Gasteiger partial charge on any atom is -0.398 e. The second kappa shape index (κ2) is 7.09. The largest absolute Gasteiger partial charge is 0.398 e. The van der Waals surface area contributed by atoms with Crippen molar-refractivity contribution in [3.05, 3.63) is 64.4 Å². The average molecular weight is 307 g/mol. The molecule has 21 heavy (non-hydrogen) atoms. The van der Waals surface area contributed by atoms with Crippen molar-refractivity contribution >= 4 is 23.0 Å². The fraction of sp³-hybridized carbons (Fsp3) is 0.188. The van der Waals surface area contributed by atoms with E-state index < -0.39 is 0 Å². The topological polar surface area (TPSA) is 47.6 Å². The first-order chi connectivity index (χ1) is 10.1. The molecule has 2 aromatic rings. The molecule has 0 bridgehead atoms. The Balaban J connectivity index is 2.10. The van der Waals surface area contributed by atoms with Crippen molar-refractivity contribution in [1.82, 2.24) is 0 Å². The number of nitrogen functional groups attached to an aromatic ring is 1. The van der Waals surface area contributed by atoms with Crippen molar-refractivity contribution in [3.63, 3.8) is 0 Å². The van der Waals surface area contributed by atoms with Crippen LogP contribution in [0.3, 0.4) is 0 Å². The van der Waals surface area contributed by atoms with Crippen LogP contribution in [0.1, 0.15) is 24.5 Å². The summed E-state index contributed by atoms with van der Waals surface area (Å²) in [5.41, 5.74) is 8.86. The standard InChI is InChI=1S/C16H16ClFN2O/c1-2-16(14-9-12(17)5-8-15(14)19)20-21-10-11-3-6-13(18)7-4-11/h3-9H,2,10,19H2,1H3/b20-16+. The van der Waals surface area contributed by atoms with Crippen LogP contribution in [-0.2, 0) is 11.4 Å². The van der Waals surface area contributed by atoms with Gasteiger partial charge in [-0.25, -0.2) is 4.39 Å². The molecular weight excluding hydrogens is 291 g/mol. The zero-order valence-corrected chi connectivity index (χ0v) is 12.4. The molecule has 0 aromatic heterocycles. The van der Waals surface area contributed by atoms with E-state index in [1.807, 2.05) is 6.92 Å². The van der Waals surface area contributed by atoms with Gasteiger partial charge in [-0.1, -0.05) is 35.8 Å². The highest BCUT2D eigenvalue weighted by molar-refractivity contribution is 6.31. The van der Waals surface area contributed by atoms with Gasteiger partial charge in [0.05, 0.1) is 5.71 Å². The molecule has 0 radical (unpaired) electrons. The molecule has 0 atom stereocenters. The van der Waals surface area contributed by atoms with Gasteiger partial charge in [-0.05, 0) is 42.3 Å². The predicted molar refractivity (Wildman–Crippen MR) is 83.9 cm³/mol. The Labute approximate surface area is 128 Å². The minimum atomic E-state index is -0.275. The van der Waals surface area contributed by atoms with Crippen LogP contribution in [0.4, 0.5) is 10.1 Å². The summed E-state index contributed by atoms with van der Waals surface area (Å²) in [6.45, 7) is 2.23. The monoisotopic (exact) mass is 306 g/mol. The van der Waals surface area contributed by atoms with Crippen molar-refractivity contribution in [2.45, 2.75) is 20.0 Å². The average Bonchev–Trinajstić information content (AvgIpc) is 2.48. The Kier molecular flexibility index (Phi) is 5.17. The van der Waals surface area contributed by atoms with E-state index in [9.17, 15) is 4.39 Å². The summed E-state index contributed by atoms with van der Waals surface area (Å²) in [5, 5.41) is 4.71. The number of hydrogen-bond acceptors (Lipinski definition) is 3. The molecule has 2 N–H and O–H groups in total. The third-order valence-electron chi connectivity index (χ3n) is 2.98. The molecule has 2 aromatic carbocycles. The number of halogens is 2. The van der Waals surface area contributed by atoms with E-state index in [-0.39, 0.29) is 12.4 Å². The number of nitrogens with zero attached hydrogens (tertiary/aromatic N) is 1. The molecule has 0 aliphatic carbocycles. The smallest absolute Gasteiger partial charge is 0.142 e. The molecule has 0 saturated carbocycles. The van der Waals surface area contributed by atoms with E-state index in [0.717, 1.165) is 16.8 Å². The summed E-state index contributed by atoms with van der Waals surface area (Å²) in [5.74, 6) is -0.275. The van der Waals surface area contributed by atoms with Crippen molar-refractivity contribution in [3.8, 4) is 0 Å². The van der Waals surface area contributed by atoms with Gasteiger partial charge in [0.15, 0.2) is 0 Å². The van der Waals surface area contributed by atoms with Crippen LogP contribution in [0.15, 0.2) is 47.6 Å². The fourth-order valence-electron chi connectivity index (χ4n) is 1.85. The molecule has 0 heterocycles. The molecule has 110 valence electrons. The Bertz CT molecular complexity index is 641. The van der Waals surface area contributed by atoms with Crippen LogP contribution in [0.25, 0.3) is 0 Å². The van der Waals surface area contributed by atoms with Gasteiger partial charge in [0, 0.05) is 16.3 Å². The Morgan fingerprint density at radius 3 is 2.62 bits per heavy atom. The van der Waals surface area contributed by atoms with Crippen molar-refractivity contribution in [2.75, 3.05) is 5.73 Å². The van der Waals surface area contributed by atoms with E-state index in [1.165, 1.54) is 12.1 Å². The van der Waals surface area contributed by atoms with Gasteiger partial charge in [-0.3, -0.25) is 0 Å². The molecule has 0 amide bonds. The second-order valence-corrected chi connectivity index (χ2v) is 4.96. The van der Waals surface area contributed by atoms with Crippen molar-refractivity contribution in [1.29, 1.82) is 0 Å². The minimum absolute atomic E-state index is 0.268. The van der Waals surface area contributed by atoms with Crippen LogP contribution in [0.2, 0.25) is 5.02 Å². The summed E-state index contributed by atoms with van der Waals surface area (Å²) in [6.07, 6.45) is 0.661. The lowest BCUT2D eigenvalue weighted by atomic mass is 10.1. The van der Waals surface area contributed by atoms with E-state index in [4.69, 9.17) is 22.2 Å². The number of hydrogen-bond donors (Lipinski definition) is 1. The lowest BCUT2D eigenvalue weighted by molar-refractivity contribution is 0.130. The van der Waals surface area contributed by atoms with Gasteiger partial charge in [-0.15, -0.1) is 0 Å². The molecule has 2 rings (SSSR count). The maximum Gasteiger partial charge on any atom is 0.142 e. The number of rotatable bonds is 5. The summed E-state index contributed by atoms with van der Waals surface area (Å²) in [6, 6.07) is 11.3. The number of benzene rings is 2. The zero-order chi connectivity index (χ0) is 15.2. The SMILES string of the molecule is CC/C(=N\OCc1ccc(F)cc1)c1cc(Cl)ccc1N. The third kappa shape index (κ3) is 4.20. The summed E-state index contributed by atoms with van der Waals surface area (Å²) in [4.78, 5) is 5.33. The van der Waals surface area contributed by atoms with Crippen molar-refractivity contribution in [2.24, 2.45) is 5.16 Å². The van der Waals surface area contributed by atoms with Crippen LogP contribution in [-0.4, -0.2) is 5.71 Å². The van der Waals surface area contributed by atoms with Crippen LogP contribution in [0, 0.1) is 5.82 Å². The first-order valence-corrected chi connectivity index (χ1v) is 6.96. The highest BCUT2D eigenvalue weighted by Gasteiger charge is 2.07. The number of oxime groups is 1.